The molecule has 1 aliphatic carbocycles. The van der Waals surface area contributed by atoms with Gasteiger partial charge in [0.05, 0.1) is 13.2 Å². The van der Waals surface area contributed by atoms with E-state index < -0.39 is 0 Å². The molecule has 2 aromatic rings. The molecule has 0 bridgehead atoms. The van der Waals surface area contributed by atoms with Crippen molar-refractivity contribution in [1.82, 2.24) is 19.7 Å². The first kappa shape index (κ1) is 13.2. The number of hydrogen-bond acceptors (Lipinski definition) is 4. The number of nitrogens with zero attached hydrogens (tertiary/aromatic N) is 4. The molecule has 0 spiro atoms. The molecule has 2 aliphatic rings. The van der Waals surface area contributed by atoms with Crippen LogP contribution in [0, 0.1) is 0 Å². The average Bonchev–Trinajstić information content (AvgIpc) is 3.18. The molecule has 0 amide bonds. The van der Waals surface area contributed by atoms with Gasteiger partial charge in [-0.2, -0.15) is 0 Å². The van der Waals surface area contributed by atoms with Crippen molar-refractivity contribution in [3.63, 3.8) is 0 Å². The van der Waals surface area contributed by atoms with E-state index in [2.05, 4.69) is 21.2 Å². The highest BCUT2D eigenvalue weighted by Crippen LogP contribution is 2.42. The van der Waals surface area contributed by atoms with E-state index in [9.17, 15) is 0 Å². The first-order valence-corrected chi connectivity index (χ1v) is 7.63. The molecule has 110 valence electrons. The van der Waals surface area contributed by atoms with Gasteiger partial charge in [0, 0.05) is 30.5 Å². The third kappa shape index (κ3) is 2.34. The zero-order chi connectivity index (χ0) is 14.4. The lowest BCUT2D eigenvalue weighted by Gasteiger charge is -2.41. The summed E-state index contributed by atoms with van der Waals surface area (Å²) in [4.78, 5) is 4.47. The molecule has 21 heavy (non-hydrogen) atoms. The van der Waals surface area contributed by atoms with Gasteiger partial charge in [0.1, 0.15) is 17.3 Å². The second-order valence-electron chi connectivity index (χ2n) is 6.19. The first-order valence-electron chi connectivity index (χ1n) is 7.25. The van der Waals surface area contributed by atoms with Crippen molar-refractivity contribution in [2.24, 2.45) is 7.05 Å². The quantitative estimate of drug-likeness (QED) is 0.813. The number of aromatic nitrogens is 4. The summed E-state index contributed by atoms with van der Waals surface area (Å²) in [6.07, 6.45) is 4.99. The normalized spacial score (nSPS) is 20.3. The standard InChI is InChI=1S/C15H17ClN4O/c1-20-9-17-19-14(20)6-15(7-21-8-15)11-4-12(10-2-3-10)18-13(16)5-11/h4-5,9-10H,2-3,6-8H2,1H3. The Morgan fingerprint density at radius 3 is 2.76 bits per heavy atom. The van der Waals surface area contributed by atoms with E-state index in [0.29, 0.717) is 24.3 Å². The van der Waals surface area contributed by atoms with E-state index in [-0.39, 0.29) is 5.41 Å². The highest BCUT2D eigenvalue weighted by molar-refractivity contribution is 6.29. The molecular weight excluding hydrogens is 288 g/mol. The summed E-state index contributed by atoms with van der Waals surface area (Å²) < 4.78 is 7.48. The SMILES string of the molecule is Cn1cnnc1CC1(c2cc(Cl)nc(C3CC3)c2)COC1. The zero-order valence-corrected chi connectivity index (χ0v) is 12.7. The fraction of sp³-hybridized carbons (Fsp3) is 0.533. The monoisotopic (exact) mass is 304 g/mol. The van der Waals surface area contributed by atoms with Crippen LogP contribution < -0.4 is 0 Å². The van der Waals surface area contributed by atoms with Gasteiger partial charge in [-0.15, -0.1) is 10.2 Å². The summed E-state index contributed by atoms with van der Waals surface area (Å²) in [7, 11) is 1.97. The van der Waals surface area contributed by atoms with Gasteiger partial charge < -0.3 is 9.30 Å². The van der Waals surface area contributed by atoms with Crippen LogP contribution in [0.4, 0.5) is 0 Å². The molecule has 4 rings (SSSR count). The number of rotatable bonds is 4. The van der Waals surface area contributed by atoms with Crippen LogP contribution in [0.3, 0.4) is 0 Å². The molecule has 0 atom stereocenters. The lowest BCUT2D eigenvalue weighted by molar-refractivity contribution is -0.0611. The molecule has 2 fully saturated rings. The lowest BCUT2D eigenvalue weighted by atomic mass is 9.75. The molecule has 0 radical (unpaired) electrons. The van der Waals surface area contributed by atoms with E-state index >= 15 is 0 Å². The minimum Gasteiger partial charge on any atom is -0.379 e. The molecule has 0 unspecified atom stereocenters. The summed E-state index contributed by atoms with van der Waals surface area (Å²) in [5.41, 5.74) is 2.30. The topological polar surface area (TPSA) is 52.8 Å². The minimum absolute atomic E-state index is 0.0446. The first-order chi connectivity index (χ1) is 10.2. The van der Waals surface area contributed by atoms with E-state index in [4.69, 9.17) is 16.3 Å². The largest absolute Gasteiger partial charge is 0.379 e. The van der Waals surface area contributed by atoms with E-state index in [1.54, 1.807) is 6.33 Å². The van der Waals surface area contributed by atoms with Gasteiger partial charge in [-0.3, -0.25) is 0 Å². The summed E-state index contributed by atoms with van der Waals surface area (Å²) in [5, 5.41) is 8.76. The van der Waals surface area contributed by atoms with Gasteiger partial charge in [-0.1, -0.05) is 11.6 Å². The van der Waals surface area contributed by atoms with Gasteiger partial charge in [-0.25, -0.2) is 4.98 Å². The molecule has 1 saturated carbocycles. The maximum absolute atomic E-state index is 6.24. The number of halogens is 1. The van der Waals surface area contributed by atoms with Gasteiger partial charge in [0.15, 0.2) is 0 Å². The van der Waals surface area contributed by atoms with Crippen LogP contribution >= 0.6 is 11.6 Å². The van der Waals surface area contributed by atoms with Crippen molar-refractivity contribution in [1.29, 1.82) is 0 Å². The minimum atomic E-state index is -0.0446. The molecular formula is C15H17ClN4O. The number of pyridine rings is 1. The van der Waals surface area contributed by atoms with Crippen molar-refractivity contribution in [3.8, 4) is 0 Å². The van der Waals surface area contributed by atoms with Crippen LogP contribution in [0.5, 0.6) is 0 Å². The van der Waals surface area contributed by atoms with Crippen molar-refractivity contribution in [3.05, 3.63) is 40.7 Å². The Kier molecular flexibility index (Phi) is 3.01. The van der Waals surface area contributed by atoms with Crippen molar-refractivity contribution < 1.29 is 4.74 Å². The summed E-state index contributed by atoms with van der Waals surface area (Å²) in [5.74, 6) is 1.56. The Hall–Kier alpha value is -1.46. The Morgan fingerprint density at radius 2 is 2.19 bits per heavy atom. The molecule has 3 heterocycles. The maximum atomic E-state index is 6.24. The van der Waals surface area contributed by atoms with Gasteiger partial charge >= 0.3 is 0 Å². The lowest BCUT2D eigenvalue weighted by Crippen LogP contribution is -2.49. The molecule has 0 N–H and O–H groups in total. The Bertz CT molecular complexity index is 676. The van der Waals surface area contributed by atoms with Crippen LogP contribution in [-0.4, -0.2) is 33.0 Å². The fourth-order valence-electron chi connectivity index (χ4n) is 2.90. The molecule has 0 aromatic carbocycles. The molecule has 1 aliphatic heterocycles. The van der Waals surface area contributed by atoms with Gasteiger partial charge in [0.25, 0.3) is 0 Å². The van der Waals surface area contributed by atoms with Crippen LogP contribution in [0.1, 0.15) is 35.8 Å². The number of ether oxygens (including phenoxy) is 1. The molecule has 5 nitrogen and oxygen atoms in total. The predicted octanol–water partition coefficient (Wildman–Crippen LogP) is 2.25. The summed E-state index contributed by atoms with van der Waals surface area (Å²) in [6.45, 7) is 1.40. The third-order valence-corrected chi connectivity index (χ3v) is 4.67. The summed E-state index contributed by atoms with van der Waals surface area (Å²) in [6, 6.07) is 4.19. The van der Waals surface area contributed by atoms with Crippen LogP contribution in [0.15, 0.2) is 18.5 Å². The van der Waals surface area contributed by atoms with Crippen molar-refractivity contribution in [2.45, 2.75) is 30.6 Å². The van der Waals surface area contributed by atoms with Crippen LogP contribution in [-0.2, 0) is 23.6 Å². The van der Waals surface area contributed by atoms with Crippen molar-refractivity contribution >= 4 is 11.6 Å². The van der Waals surface area contributed by atoms with E-state index in [1.165, 1.54) is 18.4 Å². The van der Waals surface area contributed by atoms with Crippen LogP contribution in [0.25, 0.3) is 0 Å². The average molecular weight is 305 g/mol. The molecule has 6 heteroatoms. The van der Waals surface area contributed by atoms with E-state index in [0.717, 1.165) is 17.9 Å². The Balaban J connectivity index is 1.70. The highest BCUT2D eigenvalue weighted by atomic mass is 35.5. The molecule has 1 saturated heterocycles. The van der Waals surface area contributed by atoms with Gasteiger partial charge in [-0.05, 0) is 30.5 Å². The predicted molar refractivity (Wildman–Crippen MR) is 78.4 cm³/mol. The summed E-state index contributed by atoms with van der Waals surface area (Å²) >= 11 is 6.24. The smallest absolute Gasteiger partial charge is 0.133 e. The third-order valence-electron chi connectivity index (χ3n) is 4.48. The Labute approximate surface area is 128 Å². The second-order valence-corrected chi connectivity index (χ2v) is 6.57. The molecule has 2 aromatic heterocycles. The highest BCUT2D eigenvalue weighted by Gasteiger charge is 2.42. The van der Waals surface area contributed by atoms with Crippen molar-refractivity contribution in [2.75, 3.05) is 13.2 Å². The zero-order valence-electron chi connectivity index (χ0n) is 11.9. The van der Waals surface area contributed by atoms with Crippen LogP contribution in [0.2, 0.25) is 5.15 Å². The number of aryl methyl sites for hydroxylation is 1. The van der Waals surface area contributed by atoms with Gasteiger partial charge in [0.2, 0.25) is 0 Å². The van der Waals surface area contributed by atoms with E-state index in [1.807, 2.05) is 17.7 Å². The fourth-order valence-corrected chi connectivity index (χ4v) is 3.12. The maximum Gasteiger partial charge on any atom is 0.133 e. The second kappa shape index (κ2) is 4.78. The number of hydrogen-bond donors (Lipinski definition) is 0. The Morgan fingerprint density at radius 1 is 1.38 bits per heavy atom.